The van der Waals surface area contributed by atoms with Crippen LogP contribution in [0, 0.1) is 20.8 Å². The van der Waals surface area contributed by atoms with Crippen molar-refractivity contribution in [2.24, 2.45) is 0 Å². The highest BCUT2D eigenvalue weighted by atomic mass is 32.1. The van der Waals surface area contributed by atoms with E-state index in [2.05, 4.69) is 48.4 Å². The zero-order valence-electron chi connectivity index (χ0n) is 18.7. The number of carbonyl (C=O) groups excluding carboxylic acids is 1. The van der Waals surface area contributed by atoms with E-state index in [1.807, 2.05) is 41.3 Å². The molecule has 4 rings (SSSR count). The summed E-state index contributed by atoms with van der Waals surface area (Å²) in [7, 11) is 1.58. The molecule has 1 amide bonds. The smallest absolute Gasteiger partial charge is 0.230 e. The van der Waals surface area contributed by atoms with Gasteiger partial charge in [-0.05, 0) is 38.5 Å². The number of rotatable bonds is 7. The second-order valence-corrected chi connectivity index (χ2v) is 8.61. The van der Waals surface area contributed by atoms with Crippen molar-refractivity contribution in [3.63, 3.8) is 0 Å². The minimum atomic E-state index is -0.139. The van der Waals surface area contributed by atoms with Crippen LogP contribution in [0.25, 0.3) is 5.13 Å². The number of anilines is 1. The maximum Gasteiger partial charge on any atom is 0.230 e. The number of aromatic nitrogens is 3. The monoisotopic (exact) mass is 446 g/mol. The summed E-state index contributed by atoms with van der Waals surface area (Å²) in [5.41, 5.74) is 7.15. The van der Waals surface area contributed by atoms with E-state index in [-0.39, 0.29) is 12.3 Å². The van der Waals surface area contributed by atoms with E-state index >= 15 is 0 Å². The van der Waals surface area contributed by atoms with Crippen molar-refractivity contribution in [3.8, 4) is 10.9 Å². The van der Waals surface area contributed by atoms with Crippen LogP contribution in [0.4, 0.5) is 5.69 Å². The molecule has 164 valence electrons. The number of amides is 1. The summed E-state index contributed by atoms with van der Waals surface area (Å²) in [4.78, 5) is 17.2. The van der Waals surface area contributed by atoms with Crippen LogP contribution < -0.4 is 10.1 Å². The first kappa shape index (κ1) is 21.8. The van der Waals surface area contributed by atoms with Crippen molar-refractivity contribution in [2.75, 3.05) is 12.4 Å². The van der Waals surface area contributed by atoms with Gasteiger partial charge in [0.15, 0.2) is 0 Å². The Hall–Kier alpha value is -3.45. The third-order valence-corrected chi connectivity index (χ3v) is 6.25. The molecule has 32 heavy (non-hydrogen) atoms. The summed E-state index contributed by atoms with van der Waals surface area (Å²) >= 11 is 1.49. The normalized spacial score (nSPS) is 10.9. The average Bonchev–Trinajstić information content (AvgIpc) is 3.35. The fourth-order valence-corrected chi connectivity index (χ4v) is 4.43. The van der Waals surface area contributed by atoms with Crippen LogP contribution >= 0.6 is 11.3 Å². The fourth-order valence-electron chi connectivity index (χ4n) is 3.61. The molecule has 0 aliphatic carbocycles. The standard InChI is InChI=1S/C25H26N4O2S/c1-16-9-11-19(12-10-16)13-21-17(2)28-29(18(21)3)25-26-20(15-32-25)14-24(30)27-22-7-5-6-8-23(22)31-4/h5-12,15H,13-14H2,1-4H3,(H,27,30). The Kier molecular flexibility index (Phi) is 6.37. The van der Waals surface area contributed by atoms with Gasteiger partial charge in [0.25, 0.3) is 0 Å². The Morgan fingerprint density at radius 2 is 1.84 bits per heavy atom. The van der Waals surface area contributed by atoms with E-state index in [0.717, 1.165) is 22.9 Å². The third kappa shape index (κ3) is 4.73. The summed E-state index contributed by atoms with van der Waals surface area (Å²) in [6, 6.07) is 15.9. The molecule has 0 atom stereocenters. The molecule has 0 unspecified atom stereocenters. The lowest BCUT2D eigenvalue weighted by Gasteiger charge is -2.09. The van der Waals surface area contributed by atoms with Crippen LogP contribution in [0.3, 0.4) is 0 Å². The molecule has 6 nitrogen and oxygen atoms in total. The minimum Gasteiger partial charge on any atom is -0.495 e. The molecule has 0 radical (unpaired) electrons. The number of methoxy groups -OCH3 is 1. The van der Waals surface area contributed by atoms with Gasteiger partial charge in [-0.15, -0.1) is 11.3 Å². The van der Waals surface area contributed by atoms with Crippen molar-refractivity contribution in [1.82, 2.24) is 14.8 Å². The summed E-state index contributed by atoms with van der Waals surface area (Å²) in [6.07, 6.45) is 1.02. The highest BCUT2D eigenvalue weighted by Gasteiger charge is 2.17. The van der Waals surface area contributed by atoms with Gasteiger partial charge >= 0.3 is 0 Å². The molecule has 2 aromatic carbocycles. The number of hydrogen-bond acceptors (Lipinski definition) is 5. The van der Waals surface area contributed by atoms with Crippen LogP contribution in [-0.2, 0) is 17.6 Å². The quantitative estimate of drug-likeness (QED) is 0.432. The van der Waals surface area contributed by atoms with Gasteiger partial charge in [-0.1, -0.05) is 42.0 Å². The first-order valence-electron chi connectivity index (χ1n) is 10.4. The van der Waals surface area contributed by atoms with Gasteiger partial charge in [0.1, 0.15) is 5.75 Å². The van der Waals surface area contributed by atoms with E-state index in [0.29, 0.717) is 17.1 Å². The number of ether oxygens (including phenoxy) is 1. The number of thiazole rings is 1. The zero-order valence-corrected chi connectivity index (χ0v) is 19.5. The van der Waals surface area contributed by atoms with Crippen LogP contribution in [0.5, 0.6) is 5.75 Å². The Bertz CT molecular complexity index is 1240. The highest BCUT2D eigenvalue weighted by Crippen LogP contribution is 2.25. The molecule has 0 spiro atoms. The SMILES string of the molecule is COc1ccccc1NC(=O)Cc1csc(-n2nc(C)c(Cc3ccc(C)cc3)c2C)n1. The van der Waals surface area contributed by atoms with Crippen molar-refractivity contribution in [2.45, 2.75) is 33.6 Å². The van der Waals surface area contributed by atoms with Gasteiger partial charge < -0.3 is 10.1 Å². The highest BCUT2D eigenvalue weighted by molar-refractivity contribution is 7.12. The molecule has 2 aromatic heterocycles. The number of aryl methyl sites for hydroxylation is 2. The summed E-state index contributed by atoms with van der Waals surface area (Å²) in [5.74, 6) is 0.489. The molecule has 4 aromatic rings. The van der Waals surface area contributed by atoms with Crippen LogP contribution in [-0.4, -0.2) is 27.8 Å². The molecular formula is C25H26N4O2S. The average molecular weight is 447 g/mol. The number of carbonyl (C=O) groups is 1. The molecule has 7 heteroatoms. The lowest BCUT2D eigenvalue weighted by atomic mass is 10.0. The van der Waals surface area contributed by atoms with Crippen LogP contribution in [0.2, 0.25) is 0 Å². The van der Waals surface area contributed by atoms with Crippen molar-refractivity contribution in [3.05, 3.63) is 87.7 Å². The number of nitrogens with zero attached hydrogens (tertiary/aromatic N) is 3. The zero-order chi connectivity index (χ0) is 22.7. The third-order valence-electron chi connectivity index (χ3n) is 5.39. The molecule has 2 heterocycles. The second kappa shape index (κ2) is 9.36. The summed E-state index contributed by atoms with van der Waals surface area (Å²) < 4.78 is 7.17. The van der Waals surface area contributed by atoms with E-state index in [1.54, 1.807) is 7.11 Å². The Balaban J connectivity index is 1.48. The number of nitrogens with one attached hydrogen (secondary N) is 1. The Morgan fingerprint density at radius 1 is 1.09 bits per heavy atom. The Labute approximate surface area is 191 Å². The molecule has 0 bridgehead atoms. The van der Waals surface area contributed by atoms with Crippen LogP contribution in [0.1, 0.15) is 33.8 Å². The van der Waals surface area contributed by atoms with Gasteiger partial charge in [-0.2, -0.15) is 5.10 Å². The summed E-state index contributed by atoms with van der Waals surface area (Å²) in [5, 5.41) is 10.3. The van der Waals surface area contributed by atoms with E-state index < -0.39 is 0 Å². The van der Waals surface area contributed by atoms with Gasteiger partial charge in [0.2, 0.25) is 11.0 Å². The lowest BCUT2D eigenvalue weighted by Crippen LogP contribution is -2.15. The Morgan fingerprint density at radius 3 is 2.59 bits per heavy atom. The predicted molar refractivity (Wildman–Crippen MR) is 128 cm³/mol. The minimum absolute atomic E-state index is 0.139. The molecular weight excluding hydrogens is 420 g/mol. The van der Waals surface area contributed by atoms with Crippen molar-refractivity contribution in [1.29, 1.82) is 0 Å². The molecule has 0 aliphatic heterocycles. The number of benzene rings is 2. The van der Waals surface area contributed by atoms with Crippen molar-refractivity contribution < 1.29 is 9.53 Å². The first-order valence-corrected chi connectivity index (χ1v) is 11.3. The van der Waals surface area contributed by atoms with Gasteiger partial charge in [0, 0.05) is 23.1 Å². The maximum atomic E-state index is 12.5. The van der Waals surface area contributed by atoms with Gasteiger partial charge in [-0.25, -0.2) is 9.67 Å². The first-order chi connectivity index (χ1) is 15.4. The lowest BCUT2D eigenvalue weighted by molar-refractivity contribution is -0.115. The summed E-state index contributed by atoms with van der Waals surface area (Å²) in [6.45, 7) is 6.19. The van der Waals surface area contributed by atoms with Crippen LogP contribution in [0.15, 0.2) is 53.9 Å². The molecule has 0 aliphatic rings. The number of para-hydroxylation sites is 2. The molecule has 0 fully saturated rings. The topological polar surface area (TPSA) is 69.0 Å². The predicted octanol–water partition coefficient (Wildman–Crippen LogP) is 5.03. The van der Waals surface area contributed by atoms with E-state index in [1.165, 1.54) is 28.0 Å². The largest absolute Gasteiger partial charge is 0.495 e. The maximum absolute atomic E-state index is 12.5. The van der Waals surface area contributed by atoms with Gasteiger partial charge in [-0.3, -0.25) is 4.79 Å². The van der Waals surface area contributed by atoms with E-state index in [4.69, 9.17) is 9.84 Å². The van der Waals surface area contributed by atoms with Crippen molar-refractivity contribution >= 4 is 22.9 Å². The molecule has 0 saturated heterocycles. The fraction of sp³-hybridized carbons (Fsp3) is 0.240. The number of hydrogen-bond donors (Lipinski definition) is 1. The second-order valence-electron chi connectivity index (χ2n) is 7.77. The van der Waals surface area contributed by atoms with Gasteiger partial charge in [0.05, 0.1) is 30.6 Å². The molecule has 0 saturated carbocycles. The molecule has 1 N–H and O–H groups in total. The van der Waals surface area contributed by atoms with E-state index in [9.17, 15) is 4.79 Å².